The normalized spacial score (nSPS) is 11.5. The highest BCUT2D eigenvalue weighted by Crippen LogP contribution is 2.32. The third-order valence-electron chi connectivity index (χ3n) is 4.17. The SMILES string of the molecule is CCOc1ccc([C@@H](C)NC(=O)CSc2ccc(OC)c(OC)c2)cc1OCC. The summed E-state index contributed by atoms with van der Waals surface area (Å²) in [6, 6.07) is 11.2. The van der Waals surface area contributed by atoms with Gasteiger partial charge in [-0.25, -0.2) is 0 Å². The molecule has 1 amide bonds. The molecule has 0 aliphatic rings. The third kappa shape index (κ3) is 6.49. The first-order valence-electron chi connectivity index (χ1n) is 9.56. The van der Waals surface area contributed by atoms with E-state index in [0.29, 0.717) is 42.0 Å². The zero-order valence-corrected chi connectivity index (χ0v) is 18.4. The summed E-state index contributed by atoms with van der Waals surface area (Å²) in [5.41, 5.74) is 0.960. The summed E-state index contributed by atoms with van der Waals surface area (Å²) in [5.74, 6) is 2.95. The van der Waals surface area contributed by atoms with Gasteiger partial charge in [-0.3, -0.25) is 4.79 Å². The molecule has 29 heavy (non-hydrogen) atoms. The molecule has 0 aromatic heterocycles. The van der Waals surface area contributed by atoms with E-state index in [9.17, 15) is 4.79 Å². The molecule has 158 valence electrons. The summed E-state index contributed by atoms with van der Waals surface area (Å²) < 4.78 is 21.8. The Morgan fingerprint density at radius 3 is 2.24 bits per heavy atom. The average molecular weight is 420 g/mol. The summed E-state index contributed by atoms with van der Waals surface area (Å²) in [6.45, 7) is 6.93. The molecule has 0 unspecified atom stereocenters. The second-order valence-electron chi connectivity index (χ2n) is 6.17. The van der Waals surface area contributed by atoms with Crippen LogP contribution in [0, 0.1) is 0 Å². The van der Waals surface area contributed by atoms with Crippen molar-refractivity contribution in [1.29, 1.82) is 0 Å². The molecule has 1 atom stereocenters. The van der Waals surface area contributed by atoms with Crippen molar-refractivity contribution < 1.29 is 23.7 Å². The first kappa shape index (κ1) is 22.7. The van der Waals surface area contributed by atoms with Gasteiger partial charge in [-0.05, 0) is 56.7 Å². The Morgan fingerprint density at radius 2 is 1.59 bits per heavy atom. The second kappa shape index (κ2) is 11.5. The lowest BCUT2D eigenvalue weighted by Crippen LogP contribution is -2.28. The minimum absolute atomic E-state index is 0.0517. The minimum Gasteiger partial charge on any atom is -0.493 e. The lowest BCUT2D eigenvalue weighted by Gasteiger charge is -2.17. The quantitative estimate of drug-likeness (QED) is 0.542. The molecule has 0 aliphatic heterocycles. The lowest BCUT2D eigenvalue weighted by atomic mass is 10.1. The molecule has 2 rings (SSSR count). The summed E-state index contributed by atoms with van der Waals surface area (Å²) in [5, 5.41) is 3.03. The Kier molecular flexibility index (Phi) is 8.99. The van der Waals surface area contributed by atoms with Gasteiger partial charge in [0.1, 0.15) is 0 Å². The average Bonchev–Trinajstić information content (AvgIpc) is 2.73. The van der Waals surface area contributed by atoms with E-state index in [1.165, 1.54) is 11.8 Å². The molecule has 7 heteroatoms. The number of thioether (sulfide) groups is 1. The number of nitrogens with one attached hydrogen (secondary N) is 1. The van der Waals surface area contributed by atoms with Crippen molar-refractivity contribution in [2.24, 2.45) is 0 Å². The maximum atomic E-state index is 12.4. The Labute approximate surface area is 176 Å². The van der Waals surface area contributed by atoms with E-state index in [1.807, 2.05) is 57.2 Å². The van der Waals surface area contributed by atoms with Gasteiger partial charge in [0.15, 0.2) is 23.0 Å². The molecule has 2 aromatic carbocycles. The van der Waals surface area contributed by atoms with Gasteiger partial charge in [0.2, 0.25) is 5.91 Å². The summed E-state index contributed by atoms with van der Waals surface area (Å²) in [7, 11) is 3.19. The van der Waals surface area contributed by atoms with Crippen LogP contribution in [-0.4, -0.2) is 39.1 Å². The van der Waals surface area contributed by atoms with Gasteiger partial charge in [0.25, 0.3) is 0 Å². The Bertz CT molecular complexity index is 812. The number of carbonyl (C=O) groups excluding carboxylic acids is 1. The molecule has 2 aromatic rings. The fraction of sp³-hybridized carbons (Fsp3) is 0.409. The van der Waals surface area contributed by atoms with Crippen LogP contribution in [0.2, 0.25) is 0 Å². The van der Waals surface area contributed by atoms with Crippen molar-refractivity contribution in [2.75, 3.05) is 33.2 Å². The van der Waals surface area contributed by atoms with E-state index in [1.54, 1.807) is 14.2 Å². The van der Waals surface area contributed by atoms with Crippen LogP contribution in [0.15, 0.2) is 41.3 Å². The number of carbonyl (C=O) groups is 1. The molecule has 1 N–H and O–H groups in total. The fourth-order valence-corrected chi connectivity index (χ4v) is 3.49. The lowest BCUT2D eigenvalue weighted by molar-refractivity contribution is -0.119. The van der Waals surface area contributed by atoms with Crippen LogP contribution in [0.5, 0.6) is 23.0 Å². The molecule has 0 saturated carbocycles. The number of methoxy groups -OCH3 is 2. The van der Waals surface area contributed by atoms with Gasteiger partial charge in [-0.2, -0.15) is 0 Å². The first-order chi connectivity index (χ1) is 14.0. The van der Waals surface area contributed by atoms with Gasteiger partial charge < -0.3 is 24.3 Å². The van der Waals surface area contributed by atoms with Gasteiger partial charge in [0.05, 0.1) is 39.2 Å². The predicted molar refractivity (Wildman–Crippen MR) is 116 cm³/mol. The van der Waals surface area contributed by atoms with Crippen molar-refractivity contribution in [3.05, 3.63) is 42.0 Å². The number of ether oxygens (including phenoxy) is 4. The van der Waals surface area contributed by atoms with Gasteiger partial charge in [-0.15, -0.1) is 11.8 Å². The standard InChI is InChI=1S/C22H29NO5S/c1-6-27-19-10-8-16(12-21(19)28-7-2)15(3)23-22(24)14-29-17-9-11-18(25-4)20(13-17)26-5/h8-13,15H,6-7,14H2,1-5H3,(H,23,24)/t15-/m1/s1. The molecule has 0 fully saturated rings. The second-order valence-corrected chi connectivity index (χ2v) is 7.22. The van der Waals surface area contributed by atoms with Crippen molar-refractivity contribution in [3.63, 3.8) is 0 Å². The van der Waals surface area contributed by atoms with Crippen LogP contribution in [-0.2, 0) is 4.79 Å². The zero-order chi connectivity index (χ0) is 21.2. The number of benzene rings is 2. The summed E-state index contributed by atoms with van der Waals surface area (Å²) >= 11 is 1.44. The molecule has 0 bridgehead atoms. The van der Waals surface area contributed by atoms with Crippen LogP contribution < -0.4 is 24.3 Å². The van der Waals surface area contributed by atoms with E-state index in [2.05, 4.69) is 5.32 Å². The topological polar surface area (TPSA) is 66.0 Å². The van der Waals surface area contributed by atoms with Gasteiger partial charge in [0, 0.05) is 4.90 Å². The van der Waals surface area contributed by atoms with Crippen molar-refractivity contribution >= 4 is 17.7 Å². The fourth-order valence-electron chi connectivity index (χ4n) is 2.76. The monoisotopic (exact) mass is 419 g/mol. The molecule has 0 saturated heterocycles. The number of hydrogen-bond donors (Lipinski definition) is 1. The predicted octanol–water partition coefficient (Wildman–Crippen LogP) is 4.47. The summed E-state index contributed by atoms with van der Waals surface area (Å²) in [6.07, 6.45) is 0. The molecule has 6 nitrogen and oxygen atoms in total. The van der Waals surface area contributed by atoms with Crippen LogP contribution in [0.25, 0.3) is 0 Å². The van der Waals surface area contributed by atoms with Crippen molar-refractivity contribution in [1.82, 2.24) is 5.32 Å². The van der Waals surface area contributed by atoms with Crippen LogP contribution in [0.1, 0.15) is 32.4 Å². The highest BCUT2D eigenvalue weighted by Gasteiger charge is 2.14. The zero-order valence-electron chi connectivity index (χ0n) is 17.6. The molecular formula is C22H29NO5S. The maximum Gasteiger partial charge on any atom is 0.230 e. The highest BCUT2D eigenvalue weighted by atomic mass is 32.2. The molecule has 0 heterocycles. The van der Waals surface area contributed by atoms with Crippen LogP contribution in [0.4, 0.5) is 0 Å². The number of amides is 1. The first-order valence-corrected chi connectivity index (χ1v) is 10.5. The van der Waals surface area contributed by atoms with E-state index in [0.717, 1.165) is 10.5 Å². The van der Waals surface area contributed by atoms with Crippen molar-refractivity contribution in [3.8, 4) is 23.0 Å². The highest BCUT2D eigenvalue weighted by molar-refractivity contribution is 8.00. The molecule has 0 spiro atoms. The summed E-state index contributed by atoms with van der Waals surface area (Å²) in [4.78, 5) is 13.3. The largest absolute Gasteiger partial charge is 0.493 e. The van der Waals surface area contributed by atoms with Gasteiger partial charge in [-0.1, -0.05) is 6.07 Å². The molecule has 0 aliphatic carbocycles. The third-order valence-corrected chi connectivity index (χ3v) is 5.16. The molecular weight excluding hydrogens is 390 g/mol. The maximum absolute atomic E-state index is 12.4. The number of rotatable bonds is 11. The Hall–Kier alpha value is -2.54. The van der Waals surface area contributed by atoms with Crippen LogP contribution in [0.3, 0.4) is 0 Å². The van der Waals surface area contributed by atoms with E-state index < -0.39 is 0 Å². The Balaban J connectivity index is 1.97. The Morgan fingerprint density at radius 1 is 0.931 bits per heavy atom. The van der Waals surface area contributed by atoms with Crippen LogP contribution >= 0.6 is 11.8 Å². The van der Waals surface area contributed by atoms with Gasteiger partial charge >= 0.3 is 0 Å². The molecule has 0 radical (unpaired) electrons. The van der Waals surface area contributed by atoms with Crippen molar-refractivity contribution in [2.45, 2.75) is 31.7 Å². The van der Waals surface area contributed by atoms with E-state index in [4.69, 9.17) is 18.9 Å². The number of hydrogen-bond acceptors (Lipinski definition) is 6. The smallest absolute Gasteiger partial charge is 0.230 e. The van der Waals surface area contributed by atoms with E-state index >= 15 is 0 Å². The van der Waals surface area contributed by atoms with E-state index in [-0.39, 0.29) is 11.9 Å². The minimum atomic E-state index is -0.150.